The first-order valence-corrected chi connectivity index (χ1v) is 11.7. The predicted molar refractivity (Wildman–Crippen MR) is 125 cm³/mol. The number of hydrogen-bond acceptors (Lipinski definition) is 5. The number of thiazole rings is 1. The molecule has 3 aromatic rings. The SMILES string of the molecule is O=C(Nc1ccccc1F)N[C@@H]1CCCC[C@@H]1NC(=O)c1csc(COc2ccccc2)n1. The molecule has 33 heavy (non-hydrogen) atoms. The van der Waals surface area contributed by atoms with Gasteiger partial charge >= 0.3 is 6.03 Å². The lowest BCUT2D eigenvalue weighted by Gasteiger charge is -2.32. The second-order valence-electron chi connectivity index (χ2n) is 7.78. The fourth-order valence-electron chi connectivity index (χ4n) is 3.75. The van der Waals surface area contributed by atoms with Crippen molar-refractivity contribution in [3.8, 4) is 5.75 Å². The van der Waals surface area contributed by atoms with Crippen LogP contribution in [0.15, 0.2) is 60.0 Å². The van der Waals surface area contributed by atoms with Crippen molar-refractivity contribution in [1.29, 1.82) is 0 Å². The lowest BCUT2D eigenvalue weighted by molar-refractivity contribution is 0.0911. The molecule has 3 amide bonds. The third-order valence-corrected chi connectivity index (χ3v) is 6.23. The quantitative estimate of drug-likeness (QED) is 0.468. The second kappa shape index (κ2) is 10.9. The smallest absolute Gasteiger partial charge is 0.319 e. The lowest BCUT2D eigenvalue weighted by Crippen LogP contribution is -2.54. The van der Waals surface area contributed by atoms with Crippen LogP contribution >= 0.6 is 11.3 Å². The minimum atomic E-state index is -0.503. The van der Waals surface area contributed by atoms with Gasteiger partial charge in [-0.15, -0.1) is 11.3 Å². The van der Waals surface area contributed by atoms with Gasteiger partial charge in [0.2, 0.25) is 0 Å². The van der Waals surface area contributed by atoms with Crippen LogP contribution in [0.25, 0.3) is 0 Å². The van der Waals surface area contributed by atoms with Crippen LogP contribution in [0.4, 0.5) is 14.9 Å². The van der Waals surface area contributed by atoms with Gasteiger partial charge in [-0.25, -0.2) is 14.2 Å². The van der Waals surface area contributed by atoms with E-state index in [1.165, 1.54) is 23.5 Å². The van der Waals surface area contributed by atoms with Gasteiger partial charge in [0.15, 0.2) is 0 Å². The summed E-state index contributed by atoms with van der Waals surface area (Å²) in [6.45, 7) is 0.284. The number of anilines is 1. The maximum Gasteiger partial charge on any atom is 0.319 e. The van der Waals surface area contributed by atoms with Gasteiger partial charge in [-0.05, 0) is 37.1 Å². The van der Waals surface area contributed by atoms with Crippen LogP contribution in [0.2, 0.25) is 0 Å². The zero-order valence-corrected chi connectivity index (χ0v) is 18.7. The van der Waals surface area contributed by atoms with E-state index in [9.17, 15) is 14.0 Å². The third-order valence-electron chi connectivity index (χ3n) is 5.41. The van der Waals surface area contributed by atoms with Crippen molar-refractivity contribution in [3.05, 3.63) is 76.5 Å². The Labute approximate surface area is 195 Å². The molecule has 2 aromatic carbocycles. The van der Waals surface area contributed by atoms with Gasteiger partial charge in [0.1, 0.15) is 28.9 Å². The number of para-hydroxylation sites is 2. The number of nitrogens with one attached hydrogen (secondary N) is 3. The van der Waals surface area contributed by atoms with Crippen molar-refractivity contribution in [2.24, 2.45) is 0 Å². The Bertz CT molecular complexity index is 1090. The summed E-state index contributed by atoms with van der Waals surface area (Å²) in [5.41, 5.74) is 0.436. The van der Waals surface area contributed by atoms with Crippen LogP contribution < -0.4 is 20.7 Å². The van der Waals surface area contributed by atoms with E-state index in [1.54, 1.807) is 17.5 Å². The van der Waals surface area contributed by atoms with Crippen LogP contribution in [0.5, 0.6) is 5.75 Å². The summed E-state index contributed by atoms with van der Waals surface area (Å²) in [7, 11) is 0. The lowest BCUT2D eigenvalue weighted by atomic mass is 9.90. The molecule has 1 aliphatic carbocycles. The topological polar surface area (TPSA) is 92.4 Å². The minimum absolute atomic E-state index is 0.110. The van der Waals surface area contributed by atoms with Crippen LogP contribution in [-0.4, -0.2) is 29.0 Å². The molecule has 0 unspecified atom stereocenters. The number of hydrogen-bond donors (Lipinski definition) is 3. The van der Waals surface area contributed by atoms with E-state index >= 15 is 0 Å². The summed E-state index contributed by atoms with van der Waals surface area (Å²) in [5.74, 6) is -0.0503. The zero-order valence-electron chi connectivity index (χ0n) is 17.9. The highest BCUT2D eigenvalue weighted by Gasteiger charge is 2.29. The normalized spacial score (nSPS) is 17.7. The van der Waals surface area contributed by atoms with E-state index in [0.717, 1.165) is 31.4 Å². The van der Waals surface area contributed by atoms with Crippen LogP contribution in [0, 0.1) is 5.82 Å². The van der Waals surface area contributed by atoms with Crippen LogP contribution in [0.1, 0.15) is 41.2 Å². The van der Waals surface area contributed by atoms with Crippen LogP contribution in [-0.2, 0) is 6.61 Å². The third kappa shape index (κ3) is 6.29. The van der Waals surface area contributed by atoms with E-state index in [2.05, 4.69) is 20.9 Å². The van der Waals surface area contributed by atoms with E-state index < -0.39 is 11.8 Å². The molecule has 1 heterocycles. The zero-order chi connectivity index (χ0) is 23.0. The monoisotopic (exact) mass is 468 g/mol. The van der Waals surface area contributed by atoms with Crippen molar-refractivity contribution < 1.29 is 18.7 Å². The minimum Gasteiger partial charge on any atom is -0.486 e. The number of rotatable bonds is 7. The number of urea groups is 1. The van der Waals surface area contributed by atoms with Gasteiger partial charge in [0.25, 0.3) is 5.91 Å². The molecule has 1 aliphatic rings. The summed E-state index contributed by atoms with van der Waals surface area (Å²) in [5, 5.41) is 10.8. The second-order valence-corrected chi connectivity index (χ2v) is 8.72. The highest BCUT2D eigenvalue weighted by Crippen LogP contribution is 2.21. The average molecular weight is 469 g/mol. The van der Waals surface area contributed by atoms with Crippen LogP contribution in [0.3, 0.4) is 0 Å². The molecular weight excluding hydrogens is 443 g/mol. The van der Waals surface area contributed by atoms with E-state index in [1.807, 2.05) is 30.3 Å². The average Bonchev–Trinajstić information content (AvgIpc) is 3.30. The van der Waals surface area contributed by atoms with Crippen molar-refractivity contribution in [2.75, 3.05) is 5.32 Å². The number of ether oxygens (including phenoxy) is 1. The van der Waals surface area contributed by atoms with E-state index in [4.69, 9.17) is 4.74 Å². The first-order chi connectivity index (χ1) is 16.1. The number of benzene rings is 2. The molecule has 0 spiro atoms. The van der Waals surface area contributed by atoms with Crippen molar-refractivity contribution in [2.45, 2.75) is 44.4 Å². The number of aromatic nitrogens is 1. The number of halogens is 1. The number of carbonyl (C=O) groups excluding carboxylic acids is 2. The summed E-state index contributed by atoms with van der Waals surface area (Å²) in [6.07, 6.45) is 3.35. The maximum absolute atomic E-state index is 13.8. The maximum atomic E-state index is 13.8. The van der Waals surface area contributed by atoms with Crippen molar-refractivity contribution in [3.63, 3.8) is 0 Å². The summed E-state index contributed by atoms with van der Waals surface area (Å²) >= 11 is 1.36. The fourth-order valence-corrected chi connectivity index (χ4v) is 4.44. The van der Waals surface area contributed by atoms with Gasteiger partial charge < -0.3 is 20.7 Å². The molecule has 0 bridgehead atoms. The van der Waals surface area contributed by atoms with Gasteiger partial charge in [-0.1, -0.05) is 43.2 Å². The van der Waals surface area contributed by atoms with Gasteiger partial charge in [-0.3, -0.25) is 4.79 Å². The Balaban J connectivity index is 1.32. The molecule has 0 aliphatic heterocycles. The predicted octanol–water partition coefficient (Wildman–Crippen LogP) is 4.72. The highest BCUT2D eigenvalue weighted by molar-refractivity contribution is 7.09. The molecular formula is C24H25FN4O3S. The van der Waals surface area contributed by atoms with Gasteiger partial charge in [-0.2, -0.15) is 0 Å². The summed E-state index contributed by atoms with van der Waals surface area (Å²) < 4.78 is 19.5. The Morgan fingerprint density at radius 2 is 1.70 bits per heavy atom. The highest BCUT2D eigenvalue weighted by atomic mass is 32.1. The molecule has 0 saturated heterocycles. The Kier molecular flexibility index (Phi) is 7.51. The largest absolute Gasteiger partial charge is 0.486 e. The Hall–Kier alpha value is -3.46. The fraction of sp³-hybridized carbons (Fsp3) is 0.292. The number of nitrogens with zero attached hydrogens (tertiary/aromatic N) is 1. The standard InChI is InChI=1S/C24H25FN4O3S/c25-17-10-4-5-11-18(17)28-24(31)29-20-13-7-6-12-19(20)27-23(30)21-15-33-22(26-21)14-32-16-8-2-1-3-9-16/h1-5,8-11,15,19-20H,6-7,12-14H2,(H,27,30)(H2,28,29,31)/t19-,20+/m0/s1. The molecule has 1 saturated carbocycles. The van der Waals surface area contributed by atoms with Crippen molar-refractivity contribution in [1.82, 2.24) is 15.6 Å². The first-order valence-electron chi connectivity index (χ1n) is 10.8. The molecule has 4 rings (SSSR count). The Morgan fingerprint density at radius 3 is 2.45 bits per heavy atom. The molecule has 3 N–H and O–H groups in total. The molecule has 0 radical (unpaired) electrons. The Morgan fingerprint density at radius 1 is 1.00 bits per heavy atom. The molecule has 2 atom stereocenters. The van der Waals surface area contributed by atoms with Gasteiger partial charge in [0, 0.05) is 11.4 Å². The van der Waals surface area contributed by atoms with Gasteiger partial charge in [0.05, 0.1) is 11.7 Å². The summed E-state index contributed by atoms with van der Waals surface area (Å²) in [6, 6.07) is 14.4. The molecule has 1 fully saturated rings. The molecule has 1 aromatic heterocycles. The molecule has 7 nitrogen and oxygen atoms in total. The number of amides is 3. The van der Waals surface area contributed by atoms with E-state index in [0.29, 0.717) is 10.7 Å². The molecule has 9 heteroatoms. The first kappa shape index (κ1) is 22.7. The summed E-state index contributed by atoms with van der Waals surface area (Å²) in [4.78, 5) is 29.6. The van der Waals surface area contributed by atoms with Crippen molar-refractivity contribution >= 4 is 29.0 Å². The van der Waals surface area contributed by atoms with E-state index in [-0.39, 0.29) is 30.3 Å². The number of carbonyl (C=O) groups is 2. The molecule has 172 valence electrons.